The zero-order valence-corrected chi connectivity index (χ0v) is 18.4. The maximum absolute atomic E-state index is 13.0. The Hall–Kier alpha value is -2.88. The Morgan fingerprint density at radius 2 is 1.66 bits per heavy atom. The second kappa shape index (κ2) is 9.72. The molecule has 1 aliphatic heterocycles. The fourth-order valence-electron chi connectivity index (χ4n) is 3.44. The molecule has 1 aromatic carbocycles. The number of anilines is 1. The number of carbonyl (C=O) groups is 2. The third-order valence-corrected chi connectivity index (χ3v) is 5.55. The molecule has 2 heterocycles. The second-order valence-electron chi connectivity index (χ2n) is 7.20. The summed E-state index contributed by atoms with van der Waals surface area (Å²) in [7, 11) is 0. The van der Waals surface area contributed by atoms with Crippen LogP contribution in [0.25, 0.3) is 0 Å². The average molecular weight is 470 g/mol. The summed E-state index contributed by atoms with van der Waals surface area (Å²) < 4.78 is 38.8. The molecule has 1 saturated heterocycles. The fraction of sp³-hybridized carbons (Fsp3) is 0.429. The Kier molecular flexibility index (Phi) is 7.22. The Balaban J connectivity index is 1.69. The molecule has 1 aliphatic rings. The average Bonchev–Trinajstić information content (AvgIpc) is 2.79. The van der Waals surface area contributed by atoms with Crippen LogP contribution in [0.2, 0.25) is 5.02 Å². The van der Waals surface area contributed by atoms with E-state index in [9.17, 15) is 22.8 Å². The highest BCUT2D eigenvalue weighted by Gasteiger charge is 2.32. The van der Waals surface area contributed by atoms with Crippen molar-refractivity contribution in [1.29, 1.82) is 0 Å². The van der Waals surface area contributed by atoms with E-state index in [0.717, 1.165) is 12.1 Å². The molecular weight excluding hydrogens is 447 g/mol. The largest absolute Gasteiger partial charge is 0.416 e. The van der Waals surface area contributed by atoms with Gasteiger partial charge >= 0.3 is 6.18 Å². The Bertz CT molecular complexity index is 990. The van der Waals surface area contributed by atoms with Crippen molar-refractivity contribution in [2.75, 3.05) is 44.2 Å². The molecule has 0 saturated carbocycles. The molecule has 172 valence electrons. The minimum Gasteiger partial charge on any atom is -0.341 e. The smallest absolute Gasteiger partial charge is 0.341 e. The highest BCUT2D eigenvalue weighted by Crippen LogP contribution is 2.30. The van der Waals surface area contributed by atoms with Crippen LogP contribution in [0.3, 0.4) is 0 Å². The van der Waals surface area contributed by atoms with Gasteiger partial charge in [0.15, 0.2) is 5.69 Å². The van der Waals surface area contributed by atoms with Crippen LogP contribution >= 0.6 is 11.6 Å². The molecule has 0 aliphatic carbocycles. The number of alkyl halides is 3. The molecule has 1 fully saturated rings. The standard InChI is InChI=1S/C21H23ClF3N5O2/c1-3-28(4-2)20-26-13-16(22)17(27-20)19(32)30-10-8-29(9-11-30)18(31)14-6-5-7-15(12-14)21(23,24)25/h5-7,12-13H,3-4,8-11H2,1-2H3. The lowest BCUT2D eigenvalue weighted by Gasteiger charge is -2.35. The number of hydrogen-bond acceptors (Lipinski definition) is 5. The van der Waals surface area contributed by atoms with Gasteiger partial charge < -0.3 is 14.7 Å². The van der Waals surface area contributed by atoms with Crippen LogP contribution in [0.1, 0.15) is 40.3 Å². The van der Waals surface area contributed by atoms with Crippen molar-refractivity contribution in [3.8, 4) is 0 Å². The van der Waals surface area contributed by atoms with Crippen molar-refractivity contribution in [3.63, 3.8) is 0 Å². The number of hydrogen-bond donors (Lipinski definition) is 0. The van der Waals surface area contributed by atoms with Gasteiger partial charge in [0.25, 0.3) is 11.8 Å². The van der Waals surface area contributed by atoms with Gasteiger partial charge in [-0.1, -0.05) is 17.7 Å². The van der Waals surface area contributed by atoms with Crippen LogP contribution in [-0.2, 0) is 6.18 Å². The first-order valence-corrected chi connectivity index (χ1v) is 10.6. The zero-order chi connectivity index (χ0) is 23.5. The molecule has 0 unspecified atom stereocenters. The van der Waals surface area contributed by atoms with Gasteiger partial charge in [-0.05, 0) is 32.0 Å². The molecule has 0 radical (unpaired) electrons. The molecule has 0 atom stereocenters. The number of rotatable bonds is 5. The number of aromatic nitrogens is 2. The van der Waals surface area contributed by atoms with Crippen molar-refractivity contribution >= 4 is 29.4 Å². The maximum Gasteiger partial charge on any atom is 0.416 e. The van der Waals surface area contributed by atoms with Gasteiger partial charge in [0.1, 0.15) is 0 Å². The number of benzene rings is 1. The maximum atomic E-state index is 13.0. The molecule has 2 amide bonds. The minimum absolute atomic E-state index is 0.0395. The van der Waals surface area contributed by atoms with Crippen LogP contribution in [0.5, 0.6) is 0 Å². The number of halogens is 4. The lowest BCUT2D eigenvalue weighted by Crippen LogP contribution is -2.50. The third kappa shape index (κ3) is 5.12. The fourth-order valence-corrected chi connectivity index (χ4v) is 3.61. The van der Waals surface area contributed by atoms with Gasteiger partial charge in [0, 0.05) is 44.8 Å². The summed E-state index contributed by atoms with van der Waals surface area (Å²) in [5.74, 6) is -0.481. The first-order valence-electron chi connectivity index (χ1n) is 10.2. The van der Waals surface area contributed by atoms with Crippen molar-refractivity contribution in [2.24, 2.45) is 0 Å². The predicted octanol–water partition coefficient (Wildman–Crippen LogP) is 3.59. The predicted molar refractivity (Wildman–Crippen MR) is 114 cm³/mol. The first-order chi connectivity index (χ1) is 15.2. The van der Waals surface area contributed by atoms with Crippen molar-refractivity contribution in [3.05, 3.63) is 52.3 Å². The lowest BCUT2D eigenvalue weighted by molar-refractivity contribution is -0.137. The number of piperazine rings is 1. The number of nitrogens with zero attached hydrogens (tertiary/aromatic N) is 5. The normalized spacial score (nSPS) is 14.4. The van der Waals surface area contributed by atoms with E-state index in [0.29, 0.717) is 19.0 Å². The molecule has 2 aromatic rings. The van der Waals surface area contributed by atoms with E-state index in [1.54, 1.807) is 0 Å². The van der Waals surface area contributed by atoms with Crippen molar-refractivity contribution in [1.82, 2.24) is 19.8 Å². The SMILES string of the molecule is CCN(CC)c1ncc(Cl)c(C(=O)N2CCN(C(=O)c3cccc(C(F)(F)F)c3)CC2)n1. The summed E-state index contributed by atoms with van der Waals surface area (Å²) in [5.41, 5.74) is -0.830. The van der Waals surface area contributed by atoms with Crippen LogP contribution < -0.4 is 4.90 Å². The Morgan fingerprint density at radius 1 is 1.06 bits per heavy atom. The Morgan fingerprint density at radius 3 is 2.22 bits per heavy atom. The molecule has 11 heteroatoms. The molecule has 0 spiro atoms. The summed E-state index contributed by atoms with van der Waals surface area (Å²) in [6.07, 6.45) is -3.13. The van der Waals surface area contributed by atoms with E-state index in [-0.39, 0.29) is 48.4 Å². The van der Waals surface area contributed by atoms with Gasteiger partial charge in [-0.3, -0.25) is 9.59 Å². The summed E-state index contributed by atoms with van der Waals surface area (Å²) in [5, 5.41) is 0.133. The van der Waals surface area contributed by atoms with Gasteiger partial charge in [0.05, 0.1) is 16.8 Å². The Labute approximate surface area is 188 Å². The molecule has 7 nitrogen and oxygen atoms in total. The monoisotopic (exact) mass is 469 g/mol. The summed E-state index contributed by atoms with van der Waals surface area (Å²) >= 11 is 6.16. The minimum atomic E-state index is -4.53. The van der Waals surface area contributed by atoms with Gasteiger partial charge in [-0.2, -0.15) is 13.2 Å². The number of carbonyl (C=O) groups excluding carboxylic acids is 2. The zero-order valence-electron chi connectivity index (χ0n) is 17.7. The molecule has 32 heavy (non-hydrogen) atoms. The van der Waals surface area contributed by atoms with E-state index >= 15 is 0 Å². The van der Waals surface area contributed by atoms with Crippen molar-refractivity contribution < 1.29 is 22.8 Å². The van der Waals surface area contributed by atoms with Crippen LogP contribution in [-0.4, -0.2) is 70.9 Å². The van der Waals surface area contributed by atoms with Crippen LogP contribution in [0.15, 0.2) is 30.5 Å². The van der Waals surface area contributed by atoms with Gasteiger partial charge in [-0.15, -0.1) is 0 Å². The quantitative estimate of drug-likeness (QED) is 0.669. The molecule has 3 rings (SSSR count). The van der Waals surface area contributed by atoms with Crippen LogP contribution in [0.4, 0.5) is 19.1 Å². The number of amides is 2. The van der Waals surface area contributed by atoms with E-state index in [4.69, 9.17) is 11.6 Å². The lowest BCUT2D eigenvalue weighted by atomic mass is 10.1. The molecule has 0 N–H and O–H groups in total. The highest BCUT2D eigenvalue weighted by molar-refractivity contribution is 6.33. The molecule has 0 bridgehead atoms. The third-order valence-electron chi connectivity index (χ3n) is 5.27. The van der Waals surface area contributed by atoms with E-state index in [2.05, 4.69) is 9.97 Å². The molecule has 1 aromatic heterocycles. The van der Waals surface area contributed by atoms with E-state index in [1.165, 1.54) is 28.1 Å². The summed E-state index contributed by atoms with van der Waals surface area (Å²) in [6.45, 7) is 6.03. The van der Waals surface area contributed by atoms with Crippen LogP contribution in [0, 0.1) is 0 Å². The van der Waals surface area contributed by atoms with Gasteiger partial charge in [-0.25, -0.2) is 9.97 Å². The van der Waals surface area contributed by atoms with Crippen molar-refractivity contribution in [2.45, 2.75) is 20.0 Å². The second-order valence-corrected chi connectivity index (χ2v) is 7.61. The molecular formula is C21H23ClF3N5O2. The summed E-state index contributed by atoms with van der Waals surface area (Å²) in [6, 6.07) is 4.32. The van der Waals surface area contributed by atoms with E-state index in [1.807, 2.05) is 18.7 Å². The topological polar surface area (TPSA) is 69.6 Å². The van der Waals surface area contributed by atoms with E-state index < -0.39 is 17.6 Å². The van der Waals surface area contributed by atoms with Gasteiger partial charge in [0.2, 0.25) is 5.95 Å². The summed E-state index contributed by atoms with van der Waals surface area (Å²) in [4.78, 5) is 39.0. The first kappa shape index (κ1) is 23.8. The highest BCUT2D eigenvalue weighted by atomic mass is 35.5.